The van der Waals surface area contributed by atoms with Crippen molar-refractivity contribution in [3.63, 3.8) is 0 Å². The number of ether oxygens (including phenoxy) is 1. The standard InChI is InChI=1S/C15H18N2O/c1-10-7-8-11(2)15(12(10)3)18-9-13-5-4-6-14(16)17-13/h4-8H,9H2,1-3H3,(H2,16,17). The summed E-state index contributed by atoms with van der Waals surface area (Å²) in [6.45, 7) is 6.65. The molecule has 18 heavy (non-hydrogen) atoms. The van der Waals surface area contributed by atoms with Crippen LogP contribution >= 0.6 is 0 Å². The van der Waals surface area contributed by atoms with Crippen LogP contribution in [-0.2, 0) is 6.61 Å². The summed E-state index contributed by atoms with van der Waals surface area (Å²) in [4.78, 5) is 4.22. The monoisotopic (exact) mass is 242 g/mol. The van der Waals surface area contributed by atoms with E-state index in [1.807, 2.05) is 12.1 Å². The summed E-state index contributed by atoms with van der Waals surface area (Å²) in [5.74, 6) is 1.47. The third kappa shape index (κ3) is 2.62. The fourth-order valence-corrected chi connectivity index (χ4v) is 1.87. The van der Waals surface area contributed by atoms with Crippen molar-refractivity contribution in [3.8, 4) is 5.75 Å². The zero-order chi connectivity index (χ0) is 13.1. The molecule has 0 amide bonds. The molecule has 3 nitrogen and oxygen atoms in total. The molecule has 3 heteroatoms. The molecule has 94 valence electrons. The largest absolute Gasteiger partial charge is 0.487 e. The molecule has 2 aromatic rings. The van der Waals surface area contributed by atoms with Gasteiger partial charge in [-0.25, -0.2) is 4.98 Å². The lowest BCUT2D eigenvalue weighted by Crippen LogP contribution is -2.03. The van der Waals surface area contributed by atoms with Crippen LogP contribution in [0.2, 0.25) is 0 Å². The highest BCUT2D eigenvalue weighted by molar-refractivity contribution is 5.44. The molecule has 2 rings (SSSR count). The zero-order valence-electron chi connectivity index (χ0n) is 11.0. The van der Waals surface area contributed by atoms with E-state index in [2.05, 4.69) is 37.9 Å². The van der Waals surface area contributed by atoms with Gasteiger partial charge in [0.05, 0.1) is 5.69 Å². The van der Waals surface area contributed by atoms with Crippen LogP contribution in [0.3, 0.4) is 0 Å². The summed E-state index contributed by atoms with van der Waals surface area (Å²) >= 11 is 0. The second-order valence-corrected chi connectivity index (χ2v) is 4.50. The van der Waals surface area contributed by atoms with Crippen molar-refractivity contribution in [2.75, 3.05) is 5.73 Å². The van der Waals surface area contributed by atoms with Crippen molar-refractivity contribution >= 4 is 5.82 Å². The first-order chi connectivity index (χ1) is 8.58. The Morgan fingerprint density at radius 3 is 2.50 bits per heavy atom. The van der Waals surface area contributed by atoms with Gasteiger partial charge in [-0.3, -0.25) is 0 Å². The maximum Gasteiger partial charge on any atom is 0.130 e. The molecular weight excluding hydrogens is 224 g/mol. The molecule has 0 aliphatic heterocycles. The van der Waals surface area contributed by atoms with Gasteiger partial charge in [0.1, 0.15) is 18.2 Å². The third-order valence-corrected chi connectivity index (χ3v) is 3.07. The number of aromatic nitrogens is 1. The summed E-state index contributed by atoms with van der Waals surface area (Å²) in [5.41, 5.74) is 10.0. The molecule has 0 bridgehead atoms. The van der Waals surface area contributed by atoms with Crippen molar-refractivity contribution in [2.45, 2.75) is 27.4 Å². The molecule has 1 aromatic carbocycles. The molecule has 0 radical (unpaired) electrons. The summed E-state index contributed by atoms with van der Waals surface area (Å²) in [6.07, 6.45) is 0. The van der Waals surface area contributed by atoms with Crippen molar-refractivity contribution < 1.29 is 4.74 Å². The van der Waals surface area contributed by atoms with Gasteiger partial charge in [0.15, 0.2) is 0 Å². The second kappa shape index (κ2) is 5.08. The first-order valence-electron chi connectivity index (χ1n) is 5.99. The topological polar surface area (TPSA) is 48.1 Å². The van der Waals surface area contributed by atoms with Crippen molar-refractivity contribution in [2.24, 2.45) is 0 Å². The van der Waals surface area contributed by atoms with Gasteiger partial charge in [-0.15, -0.1) is 0 Å². The Balaban J connectivity index is 2.18. The fourth-order valence-electron chi connectivity index (χ4n) is 1.87. The van der Waals surface area contributed by atoms with Crippen LogP contribution in [-0.4, -0.2) is 4.98 Å². The molecule has 0 atom stereocenters. The van der Waals surface area contributed by atoms with Gasteiger partial charge in [0.25, 0.3) is 0 Å². The highest BCUT2D eigenvalue weighted by Crippen LogP contribution is 2.26. The van der Waals surface area contributed by atoms with Crippen molar-refractivity contribution in [3.05, 3.63) is 52.7 Å². The number of nitrogens with two attached hydrogens (primary N) is 1. The van der Waals surface area contributed by atoms with E-state index >= 15 is 0 Å². The Morgan fingerprint density at radius 1 is 1.06 bits per heavy atom. The Labute approximate surface area is 108 Å². The zero-order valence-corrected chi connectivity index (χ0v) is 11.0. The van der Waals surface area contributed by atoms with Crippen molar-refractivity contribution in [1.82, 2.24) is 4.98 Å². The predicted molar refractivity (Wildman–Crippen MR) is 73.6 cm³/mol. The smallest absolute Gasteiger partial charge is 0.130 e. The van der Waals surface area contributed by atoms with E-state index in [0.717, 1.165) is 17.0 Å². The normalized spacial score (nSPS) is 10.4. The van der Waals surface area contributed by atoms with E-state index < -0.39 is 0 Å². The molecule has 1 heterocycles. The molecule has 0 saturated carbocycles. The Kier molecular flexibility index (Phi) is 3.51. The van der Waals surface area contributed by atoms with E-state index in [1.165, 1.54) is 11.1 Å². The summed E-state index contributed by atoms with van der Waals surface area (Å²) < 4.78 is 5.87. The van der Waals surface area contributed by atoms with Crippen LogP contribution < -0.4 is 10.5 Å². The Hall–Kier alpha value is -2.03. The quantitative estimate of drug-likeness (QED) is 0.899. The van der Waals surface area contributed by atoms with Crippen LogP contribution in [0.5, 0.6) is 5.75 Å². The highest BCUT2D eigenvalue weighted by Gasteiger charge is 2.07. The lowest BCUT2D eigenvalue weighted by Gasteiger charge is -2.13. The molecule has 0 unspecified atom stereocenters. The predicted octanol–water partition coefficient (Wildman–Crippen LogP) is 3.17. The number of aryl methyl sites for hydroxylation is 2. The fraction of sp³-hybridized carbons (Fsp3) is 0.267. The van der Waals surface area contributed by atoms with Gasteiger partial charge in [-0.1, -0.05) is 18.2 Å². The molecule has 0 spiro atoms. The minimum absolute atomic E-state index is 0.441. The molecule has 0 fully saturated rings. The van der Waals surface area contributed by atoms with E-state index in [1.54, 1.807) is 6.07 Å². The molecule has 0 aliphatic rings. The number of rotatable bonds is 3. The number of nitrogen functional groups attached to an aromatic ring is 1. The summed E-state index contributed by atoms with van der Waals surface area (Å²) in [6, 6.07) is 9.75. The third-order valence-electron chi connectivity index (χ3n) is 3.07. The Morgan fingerprint density at radius 2 is 1.78 bits per heavy atom. The van der Waals surface area contributed by atoms with Crippen molar-refractivity contribution in [1.29, 1.82) is 0 Å². The van der Waals surface area contributed by atoms with Crippen LogP contribution in [0, 0.1) is 20.8 Å². The van der Waals surface area contributed by atoms with Crippen LogP contribution in [0.4, 0.5) is 5.82 Å². The number of hydrogen-bond donors (Lipinski definition) is 1. The SMILES string of the molecule is Cc1ccc(C)c(OCc2cccc(N)n2)c1C. The van der Waals surface area contributed by atoms with Gasteiger partial charge in [-0.2, -0.15) is 0 Å². The maximum atomic E-state index is 5.87. The lowest BCUT2D eigenvalue weighted by atomic mass is 10.1. The average Bonchev–Trinajstić information content (AvgIpc) is 2.34. The summed E-state index contributed by atoms with van der Waals surface area (Å²) in [5, 5.41) is 0. The molecular formula is C15H18N2O. The molecule has 0 aliphatic carbocycles. The minimum atomic E-state index is 0.441. The van der Waals surface area contributed by atoms with E-state index in [4.69, 9.17) is 10.5 Å². The molecule has 0 saturated heterocycles. The average molecular weight is 242 g/mol. The Bertz CT molecular complexity index is 564. The lowest BCUT2D eigenvalue weighted by molar-refractivity contribution is 0.297. The number of nitrogens with zero attached hydrogens (tertiary/aromatic N) is 1. The van der Waals surface area contributed by atoms with Gasteiger partial charge in [0, 0.05) is 0 Å². The van der Waals surface area contributed by atoms with E-state index in [-0.39, 0.29) is 0 Å². The first kappa shape index (κ1) is 12.4. The number of benzene rings is 1. The molecule has 1 aromatic heterocycles. The van der Waals surface area contributed by atoms with Crippen LogP contribution in [0.15, 0.2) is 30.3 Å². The highest BCUT2D eigenvalue weighted by atomic mass is 16.5. The number of anilines is 1. The van der Waals surface area contributed by atoms with Gasteiger partial charge >= 0.3 is 0 Å². The number of pyridine rings is 1. The van der Waals surface area contributed by atoms with Gasteiger partial charge in [-0.05, 0) is 49.6 Å². The van der Waals surface area contributed by atoms with Gasteiger partial charge < -0.3 is 10.5 Å². The molecule has 2 N–H and O–H groups in total. The van der Waals surface area contributed by atoms with E-state index in [9.17, 15) is 0 Å². The minimum Gasteiger partial charge on any atom is -0.487 e. The number of hydrogen-bond acceptors (Lipinski definition) is 3. The van der Waals surface area contributed by atoms with Crippen LogP contribution in [0.25, 0.3) is 0 Å². The van der Waals surface area contributed by atoms with Gasteiger partial charge in [0.2, 0.25) is 0 Å². The first-order valence-corrected chi connectivity index (χ1v) is 5.99. The van der Waals surface area contributed by atoms with E-state index in [0.29, 0.717) is 12.4 Å². The summed E-state index contributed by atoms with van der Waals surface area (Å²) in [7, 11) is 0. The van der Waals surface area contributed by atoms with Crippen LogP contribution in [0.1, 0.15) is 22.4 Å². The maximum absolute atomic E-state index is 5.87. The second-order valence-electron chi connectivity index (χ2n) is 4.50.